The Morgan fingerprint density at radius 2 is 1.76 bits per heavy atom. The minimum absolute atomic E-state index is 0.174. The number of amides is 2. The van der Waals surface area contributed by atoms with Crippen LogP contribution in [0.3, 0.4) is 0 Å². The van der Waals surface area contributed by atoms with Gasteiger partial charge in [0, 0.05) is 5.69 Å². The van der Waals surface area contributed by atoms with E-state index in [4.69, 9.17) is 26.4 Å². The number of nitrogens with one attached hydrogen (secondary N) is 1. The third-order valence-corrected chi connectivity index (χ3v) is 6.69. The van der Waals surface area contributed by atoms with Crippen LogP contribution in [-0.4, -0.2) is 36.5 Å². The Bertz CT molecular complexity index is 1340. The molecule has 37 heavy (non-hydrogen) atoms. The Hall–Kier alpha value is -3.82. The molecule has 4 rings (SSSR count). The van der Waals surface area contributed by atoms with E-state index in [-0.39, 0.29) is 18.4 Å². The molecule has 9 heteroatoms. The molecule has 0 radical (unpaired) electrons. The number of rotatable bonds is 9. The maximum Gasteiger partial charge on any atom is 0.270 e. The van der Waals surface area contributed by atoms with Crippen molar-refractivity contribution in [1.82, 2.24) is 0 Å². The number of hydrogen-bond donors (Lipinski definition) is 1. The molecule has 2 amide bonds. The molecule has 1 N–H and O–H groups in total. The van der Waals surface area contributed by atoms with Crippen LogP contribution in [0.2, 0.25) is 0 Å². The molecule has 0 saturated carbocycles. The van der Waals surface area contributed by atoms with Crippen LogP contribution in [0, 0.1) is 6.92 Å². The highest BCUT2D eigenvalue weighted by atomic mass is 32.2. The Kier molecular flexibility index (Phi) is 8.47. The molecule has 3 aromatic carbocycles. The quantitative estimate of drug-likeness (QED) is 0.274. The molecular formula is C28H26N2O5S2. The van der Waals surface area contributed by atoms with Crippen molar-refractivity contribution in [2.24, 2.45) is 0 Å². The Balaban J connectivity index is 1.45. The highest BCUT2D eigenvalue weighted by Gasteiger charge is 2.33. The first-order valence-corrected chi connectivity index (χ1v) is 12.8. The van der Waals surface area contributed by atoms with E-state index < -0.39 is 0 Å². The molecule has 1 aliphatic rings. The average molecular weight is 535 g/mol. The van der Waals surface area contributed by atoms with Gasteiger partial charge in [0.2, 0.25) is 0 Å². The van der Waals surface area contributed by atoms with Gasteiger partial charge in [0.25, 0.3) is 11.8 Å². The number of anilines is 2. The van der Waals surface area contributed by atoms with Gasteiger partial charge in [0.05, 0.1) is 24.3 Å². The number of nitrogens with zero attached hydrogens (tertiary/aromatic N) is 1. The van der Waals surface area contributed by atoms with E-state index in [1.807, 2.05) is 38.1 Å². The number of methoxy groups -OCH3 is 1. The standard InChI is InChI=1S/C28H26N2O5S2/c1-4-34-24-15-19(16-25-27(32)30(28(36)37-25)21-10-5-18(2)6-11-21)7-14-23(24)35-17-26(31)29-20-8-12-22(33-3)13-9-20/h5-16H,4,17H2,1-3H3,(H,29,31)/b25-16-. The van der Waals surface area contributed by atoms with Crippen molar-refractivity contribution in [2.45, 2.75) is 13.8 Å². The minimum Gasteiger partial charge on any atom is -0.497 e. The monoisotopic (exact) mass is 534 g/mol. The van der Waals surface area contributed by atoms with Crippen LogP contribution in [0.25, 0.3) is 6.08 Å². The lowest BCUT2D eigenvalue weighted by molar-refractivity contribution is -0.118. The molecule has 0 aromatic heterocycles. The molecule has 0 bridgehead atoms. The van der Waals surface area contributed by atoms with Crippen molar-refractivity contribution in [3.05, 3.63) is 82.8 Å². The smallest absolute Gasteiger partial charge is 0.270 e. The van der Waals surface area contributed by atoms with Gasteiger partial charge in [-0.05, 0) is 74.0 Å². The maximum atomic E-state index is 13.1. The van der Waals surface area contributed by atoms with Crippen LogP contribution in [0.4, 0.5) is 11.4 Å². The predicted molar refractivity (Wildman–Crippen MR) is 152 cm³/mol. The largest absolute Gasteiger partial charge is 0.497 e. The number of thioether (sulfide) groups is 1. The minimum atomic E-state index is -0.309. The van der Waals surface area contributed by atoms with Gasteiger partial charge in [-0.3, -0.25) is 14.5 Å². The molecular weight excluding hydrogens is 508 g/mol. The van der Waals surface area contributed by atoms with Crippen molar-refractivity contribution < 1.29 is 23.8 Å². The zero-order valence-corrected chi connectivity index (χ0v) is 22.3. The molecule has 1 aliphatic heterocycles. The van der Waals surface area contributed by atoms with Crippen LogP contribution >= 0.6 is 24.0 Å². The topological polar surface area (TPSA) is 77.1 Å². The fourth-order valence-corrected chi connectivity index (χ4v) is 4.85. The average Bonchev–Trinajstić information content (AvgIpc) is 3.17. The zero-order valence-electron chi connectivity index (χ0n) is 20.6. The van der Waals surface area contributed by atoms with E-state index in [9.17, 15) is 9.59 Å². The van der Waals surface area contributed by atoms with Gasteiger partial charge in [-0.15, -0.1) is 0 Å². The fourth-order valence-electron chi connectivity index (χ4n) is 3.55. The molecule has 7 nitrogen and oxygen atoms in total. The van der Waals surface area contributed by atoms with Crippen LogP contribution in [0.15, 0.2) is 71.6 Å². The van der Waals surface area contributed by atoms with Crippen molar-refractivity contribution >= 4 is 57.6 Å². The summed E-state index contributed by atoms with van der Waals surface area (Å²) in [5.41, 5.74) is 3.23. The number of thiocarbonyl (C=S) groups is 1. The molecule has 0 atom stereocenters. The normalized spacial score (nSPS) is 14.1. The lowest BCUT2D eigenvalue weighted by Crippen LogP contribution is -2.27. The summed E-state index contributed by atoms with van der Waals surface area (Å²) < 4.78 is 17.1. The number of ether oxygens (including phenoxy) is 3. The SMILES string of the molecule is CCOc1cc(/C=C2\SC(=S)N(c3ccc(C)cc3)C2=O)ccc1OCC(=O)Nc1ccc(OC)cc1. The van der Waals surface area contributed by atoms with Crippen molar-refractivity contribution in [2.75, 3.05) is 30.5 Å². The summed E-state index contributed by atoms with van der Waals surface area (Å²) in [6.45, 7) is 4.07. The molecule has 0 unspecified atom stereocenters. The van der Waals surface area contributed by atoms with Crippen LogP contribution in [-0.2, 0) is 9.59 Å². The molecule has 1 heterocycles. The number of carbonyl (C=O) groups excluding carboxylic acids is 2. The summed E-state index contributed by atoms with van der Waals surface area (Å²) in [4.78, 5) is 27.5. The van der Waals surface area contributed by atoms with E-state index in [0.29, 0.717) is 38.8 Å². The van der Waals surface area contributed by atoms with Gasteiger partial charge in [0.15, 0.2) is 22.4 Å². The molecule has 1 fully saturated rings. The van der Waals surface area contributed by atoms with Gasteiger partial charge in [-0.2, -0.15) is 0 Å². The lowest BCUT2D eigenvalue weighted by Gasteiger charge is -2.14. The first-order chi connectivity index (χ1) is 17.9. The van der Waals surface area contributed by atoms with Crippen LogP contribution in [0.5, 0.6) is 17.2 Å². The molecule has 190 valence electrons. The lowest BCUT2D eigenvalue weighted by atomic mass is 10.1. The summed E-state index contributed by atoms with van der Waals surface area (Å²) in [6.07, 6.45) is 1.77. The Morgan fingerprint density at radius 3 is 2.43 bits per heavy atom. The van der Waals surface area contributed by atoms with Gasteiger partial charge < -0.3 is 19.5 Å². The summed E-state index contributed by atoms with van der Waals surface area (Å²) >= 11 is 6.72. The summed E-state index contributed by atoms with van der Waals surface area (Å²) in [5.74, 6) is 1.12. The fraction of sp³-hybridized carbons (Fsp3) is 0.179. The zero-order chi connectivity index (χ0) is 26.4. The van der Waals surface area contributed by atoms with E-state index in [1.54, 1.807) is 55.7 Å². The van der Waals surface area contributed by atoms with Crippen LogP contribution < -0.4 is 24.4 Å². The van der Waals surface area contributed by atoms with Crippen molar-refractivity contribution in [3.8, 4) is 17.2 Å². The Labute approximate surface area is 225 Å². The van der Waals surface area contributed by atoms with Crippen molar-refractivity contribution in [1.29, 1.82) is 0 Å². The Morgan fingerprint density at radius 1 is 1.03 bits per heavy atom. The van der Waals surface area contributed by atoms with Gasteiger partial charge >= 0.3 is 0 Å². The summed E-state index contributed by atoms with van der Waals surface area (Å²) in [6, 6.07) is 20.0. The maximum absolute atomic E-state index is 13.1. The van der Waals surface area contributed by atoms with Gasteiger partial charge in [-0.25, -0.2) is 0 Å². The van der Waals surface area contributed by atoms with Gasteiger partial charge in [-0.1, -0.05) is 47.7 Å². The van der Waals surface area contributed by atoms with Crippen LogP contribution in [0.1, 0.15) is 18.1 Å². The number of aryl methyl sites for hydroxylation is 1. The molecule has 3 aromatic rings. The molecule has 1 saturated heterocycles. The predicted octanol–water partition coefficient (Wildman–Crippen LogP) is 5.83. The highest BCUT2D eigenvalue weighted by molar-refractivity contribution is 8.27. The number of hydrogen-bond acceptors (Lipinski definition) is 7. The van der Waals surface area contributed by atoms with E-state index in [2.05, 4.69) is 5.32 Å². The highest BCUT2D eigenvalue weighted by Crippen LogP contribution is 2.37. The number of benzene rings is 3. The molecule has 0 spiro atoms. The van der Waals surface area contributed by atoms with E-state index >= 15 is 0 Å². The van der Waals surface area contributed by atoms with Gasteiger partial charge in [0.1, 0.15) is 5.75 Å². The second kappa shape index (κ2) is 11.9. The molecule has 0 aliphatic carbocycles. The van der Waals surface area contributed by atoms with E-state index in [0.717, 1.165) is 16.8 Å². The van der Waals surface area contributed by atoms with Crippen molar-refractivity contribution in [3.63, 3.8) is 0 Å². The van der Waals surface area contributed by atoms with E-state index in [1.165, 1.54) is 16.7 Å². The third-order valence-electron chi connectivity index (χ3n) is 5.38. The second-order valence-corrected chi connectivity index (χ2v) is 9.73. The number of carbonyl (C=O) groups is 2. The summed E-state index contributed by atoms with van der Waals surface area (Å²) in [5, 5.41) is 2.78. The third kappa shape index (κ3) is 6.49. The second-order valence-electron chi connectivity index (χ2n) is 8.06. The first-order valence-electron chi connectivity index (χ1n) is 11.6. The summed E-state index contributed by atoms with van der Waals surface area (Å²) in [7, 11) is 1.58. The first kappa shape index (κ1) is 26.2.